The van der Waals surface area contributed by atoms with Crippen LogP contribution in [0.3, 0.4) is 0 Å². The molecular weight excluding hydrogens is 312 g/mol. The molecule has 1 aromatic carbocycles. The van der Waals surface area contributed by atoms with E-state index in [1.165, 1.54) is 6.21 Å². The SMILES string of the molecule is C#CCOc1ccc(OC)cc1/C=N\NC(=O)CC1(C)OCCO1. The third-order valence-electron chi connectivity index (χ3n) is 3.30. The van der Waals surface area contributed by atoms with Crippen LogP contribution >= 0.6 is 0 Å². The number of hydrogen-bond donors (Lipinski definition) is 1. The first-order chi connectivity index (χ1) is 11.6. The van der Waals surface area contributed by atoms with Crippen LogP contribution in [0.4, 0.5) is 0 Å². The molecule has 24 heavy (non-hydrogen) atoms. The first kappa shape index (κ1) is 17.8. The summed E-state index contributed by atoms with van der Waals surface area (Å²) in [5.41, 5.74) is 3.07. The zero-order valence-electron chi connectivity index (χ0n) is 13.7. The fourth-order valence-corrected chi connectivity index (χ4v) is 2.17. The van der Waals surface area contributed by atoms with E-state index in [1.807, 2.05) is 0 Å². The average Bonchev–Trinajstić information content (AvgIpc) is 2.99. The van der Waals surface area contributed by atoms with E-state index in [2.05, 4.69) is 16.4 Å². The van der Waals surface area contributed by atoms with E-state index in [0.29, 0.717) is 30.3 Å². The monoisotopic (exact) mass is 332 g/mol. The lowest BCUT2D eigenvalue weighted by atomic mass is 10.2. The van der Waals surface area contributed by atoms with Crippen LogP contribution < -0.4 is 14.9 Å². The van der Waals surface area contributed by atoms with Gasteiger partial charge in [0.15, 0.2) is 5.79 Å². The Morgan fingerprint density at radius 3 is 2.92 bits per heavy atom. The molecule has 0 bridgehead atoms. The molecule has 0 radical (unpaired) electrons. The van der Waals surface area contributed by atoms with Crippen molar-refractivity contribution in [2.75, 3.05) is 26.9 Å². The summed E-state index contributed by atoms with van der Waals surface area (Å²) < 4.78 is 21.4. The van der Waals surface area contributed by atoms with Crippen LogP contribution in [0.1, 0.15) is 18.9 Å². The van der Waals surface area contributed by atoms with Crippen molar-refractivity contribution in [1.82, 2.24) is 5.43 Å². The van der Waals surface area contributed by atoms with Crippen LogP contribution in [0.15, 0.2) is 23.3 Å². The van der Waals surface area contributed by atoms with E-state index in [-0.39, 0.29) is 18.9 Å². The van der Waals surface area contributed by atoms with Crippen LogP contribution in [0.2, 0.25) is 0 Å². The highest BCUT2D eigenvalue weighted by atomic mass is 16.7. The molecule has 1 amide bonds. The summed E-state index contributed by atoms with van der Waals surface area (Å²) in [6.07, 6.45) is 6.72. The van der Waals surface area contributed by atoms with Crippen molar-refractivity contribution in [2.45, 2.75) is 19.1 Å². The maximum Gasteiger partial charge on any atom is 0.245 e. The number of amides is 1. The Morgan fingerprint density at radius 1 is 1.50 bits per heavy atom. The maximum absolute atomic E-state index is 11.9. The zero-order valence-corrected chi connectivity index (χ0v) is 13.7. The van der Waals surface area contributed by atoms with Gasteiger partial charge in [-0.1, -0.05) is 5.92 Å². The molecule has 0 unspecified atom stereocenters. The second kappa shape index (κ2) is 8.34. The summed E-state index contributed by atoms with van der Waals surface area (Å²) >= 11 is 0. The predicted molar refractivity (Wildman–Crippen MR) is 88.0 cm³/mol. The summed E-state index contributed by atoms with van der Waals surface area (Å²) in [5.74, 6) is 2.37. The molecular formula is C17H20N2O5. The number of hydrogen-bond acceptors (Lipinski definition) is 6. The standard InChI is InChI=1S/C17H20N2O5/c1-4-7-22-15-6-5-14(21-3)10-13(15)12-18-19-16(20)11-17(2)23-8-9-24-17/h1,5-6,10,12H,7-9,11H2,2-3H3,(H,19,20)/b18-12-. The topological polar surface area (TPSA) is 78.4 Å². The van der Waals surface area contributed by atoms with Crippen LogP contribution in [-0.4, -0.2) is 44.8 Å². The van der Waals surface area contributed by atoms with Gasteiger partial charge in [-0.15, -0.1) is 6.42 Å². The minimum absolute atomic E-state index is 0.0584. The Bertz CT molecular complexity index is 645. The number of nitrogens with one attached hydrogen (secondary N) is 1. The number of benzene rings is 1. The van der Waals surface area contributed by atoms with Crippen molar-refractivity contribution in [1.29, 1.82) is 0 Å². The van der Waals surface area contributed by atoms with Gasteiger partial charge in [0, 0.05) is 5.56 Å². The van der Waals surface area contributed by atoms with Crippen molar-refractivity contribution in [2.24, 2.45) is 5.10 Å². The molecule has 1 saturated heterocycles. The smallest absolute Gasteiger partial charge is 0.245 e. The molecule has 1 heterocycles. The molecule has 2 rings (SSSR count). The fourth-order valence-electron chi connectivity index (χ4n) is 2.17. The minimum atomic E-state index is -0.892. The fraction of sp³-hybridized carbons (Fsp3) is 0.412. The summed E-state index contributed by atoms with van der Waals surface area (Å²) in [4.78, 5) is 11.9. The van der Waals surface area contributed by atoms with Gasteiger partial charge in [-0.05, 0) is 25.1 Å². The molecule has 0 aliphatic carbocycles. The lowest BCUT2D eigenvalue weighted by molar-refractivity contribution is -0.159. The summed E-state index contributed by atoms with van der Waals surface area (Å²) in [7, 11) is 1.56. The lowest BCUT2D eigenvalue weighted by Crippen LogP contribution is -2.33. The molecule has 128 valence electrons. The molecule has 7 heteroatoms. The van der Waals surface area contributed by atoms with Gasteiger partial charge in [0.25, 0.3) is 0 Å². The van der Waals surface area contributed by atoms with Crippen LogP contribution in [0.5, 0.6) is 11.5 Å². The molecule has 1 N–H and O–H groups in total. The van der Waals surface area contributed by atoms with Gasteiger partial charge in [-0.3, -0.25) is 4.79 Å². The molecule has 0 atom stereocenters. The lowest BCUT2D eigenvalue weighted by Gasteiger charge is -2.20. The number of rotatable bonds is 7. The first-order valence-corrected chi connectivity index (χ1v) is 7.40. The Labute approximate surface area is 140 Å². The molecule has 0 spiro atoms. The third kappa shape index (κ3) is 4.98. The van der Waals surface area contributed by atoms with Gasteiger partial charge in [-0.25, -0.2) is 5.43 Å². The van der Waals surface area contributed by atoms with E-state index in [1.54, 1.807) is 32.2 Å². The minimum Gasteiger partial charge on any atom is -0.497 e. The highest BCUT2D eigenvalue weighted by molar-refractivity contribution is 5.86. The maximum atomic E-state index is 11.9. The second-order valence-corrected chi connectivity index (χ2v) is 5.20. The zero-order chi connectivity index (χ0) is 17.4. The Balaban J connectivity index is 1.99. The van der Waals surface area contributed by atoms with Gasteiger partial charge in [0.05, 0.1) is 33.0 Å². The van der Waals surface area contributed by atoms with Crippen LogP contribution in [0, 0.1) is 12.3 Å². The van der Waals surface area contributed by atoms with Gasteiger partial charge in [-0.2, -0.15) is 5.10 Å². The number of carbonyl (C=O) groups excluding carboxylic acids is 1. The van der Waals surface area contributed by atoms with Crippen LogP contribution in [-0.2, 0) is 14.3 Å². The number of nitrogens with zero attached hydrogens (tertiary/aromatic N) is 1. The first-order valence-electron chi connectivity index (χ1n) is 7.40. The van der Waals surface area contributed by atoms with Crippen molar-refractivity contribution in [3.63, 3.8) is 0 Å². The predicted octanol–water partition coefficient (Wildman–Crippen LogP) is 1.31. The Kier molecular flexibility index (Phi) is 6.18. The Morgan fingerprint density at radius 2 is 2.25 bits per heavy atom. The highest BCUT2D eigenvalue weighted by Gasteiger charge is 2.33. The van der Waals surface area contributed by atoms with Crippen LogP contribution in [0.25, 0.3) is 0 Å². The largest absolute Gasteiger partial charge is 0.497 e. The summed E-state index contributed by atoms with van der Waals surface area (Å²) in [5, 5.41) is 3.94. The number of carbonyl (C=O) groups is 1. The molecule has 1 fully saturated rings. The van der Waals surface area contributed by atoms with Gasteiger partial charge in [0.2, 0.25) is 5.91 Å². The highest BCUT2D eigenvalue weighted by Crippen LogP contribution is 2.23. The number of terminal acetylenes is 1. The quantitative estimate of drug-likeness (QED) is 0.463. The second-order valence-electron chi connectivity index (χ2n) is 5.20. The van der Waals surface area contributed by atoms with E-state index in [0.717, 1.165) is 0 Å². The number of hydrazone groups is 1. The molecule has 7 nitrogen and oxygen atoms in total. The average molecular weight is 332 g/mol. The number of methoxy groups -OCH3 is 1. The van der Waals surface area contributed by atoms with E-state index in [4.69, 9.17) is 25.4 Å². The summed E-state index contributed by atoms with van der Waals surface area (Å²) in [6.45, 7) is 2.81. The van der Waals surface area contributed by atoms with E-state index in [9.17, 15) is 4.79 Å². The van der Waals surface area contributed by atoms with Crippen molar-refractivity contribution in [3.05, 3.63) is 23.8 Å². The van der Waals surface area contributed by atoms with Gasteiger partial charge >= 0.3 is 0 Å². The third-order valence-corrected chi connectivity index (χ3v) is 3.30. The molecule has 1 aliphatic rings. The summed E-state index contributed by atoms with van der Waals surface area (Å²) in [6, 6.07) is 5.20. The van der Waals surface area contributed by atoms with Crippen molar-refractivity contribution < 1.29 is 23.7 Å². The van der Waals surface area contributed by atoms with E-state index < -0.39 is 5.79 Å². The van der Waals surface area contributed by atoms with E-state index >= 15 is 0 Å². The molecule has 0 aromatic heterocycles. The number of ether oxygens (including phenoxy) is 4. The molecule has 0 saturated carbocycles. The van der Waals surface area contributed by atoms with Crippen molar-refractivity contribution >= 4 is 12.1 Å². The normalized spacial score (nSPS) is 15.9. The van der Waals surface area contributed by atoms with Gasteiger partial charge in [0.1, 0.15) is 18.1 Å². The molecule has 1 aliphatic heterocycles. The van der Waals surface area contributed by atoms with Crippen molar-refractivity contribution in [3.8, 4) is 23.8 Å². The van der Waals surface area contributed by atoms with Gasteiger partial charge < -0.3 is 18.9 Å². The molecule has 1 aromatic rings. The Hall–Kier alpha value is -2.56.